The standard InChI is InChI=1S/C15H14N2O2S.C14H11BrN2O2S.CH5BO2/c1-3-19-15(18)11-9(2)12-13(16-11)17-14(20-12)10-7-5-4-6-8-10;1-2-19-14(18)10-9(15)11-12(16-10)17-13(20-11)8-6-4-3-5-7-8;1-2(3)4/h4-8,16H,3H2,1-2H3;3-7,16H,2H2,1H3;3-4H,1H3. The van der Waals surface area contributed by atoms with E-state index in [9.17, 15) is 9.59 Å². The summed E-state index contributed by atoms with van der Waals surface area (Å²) in [6.07, 6.45) is 0. The molecule has 6 aromatic rings. The molecule has 0 aliphatic heterocycles. The number of ether oxygens (including phenoxy) is 2. The fourth-order valence-electron chi connectivity index (χ4n) is 3.98. The predicted octanol–water partition coefficient (Wildman–Crippen LogP) is 7.10. The van der Waals surface area contributed by atoms with Gasteiger partial charge in [0, 0.05) is 16.7 Å². The lowest BCUT2D eigenvalue weighted by atomic mass is 9.99. The Labute approximate surface area is 270 Å². The number of carbonyl (C=O) groups is 2. The van der Waals surface area contributed by atoms with E-state index in [2.05, 4.69) is 35.9 Å². The van der Waals surface area contributed by atoms with E-state index in [0.717, 1.165) is 41.8 Å². The molecule has 6 rings (SSSR count). The molecular weight excluding hydrogens is 667 g/mol. The minimum Gasteiger partial charge on any atom is -0.461 e. The van der Waals surface area contributed by atoms with Gasteiger partial charge in [0.15, 0.2) is 5.65 Å². The minimum absolute atomic E-state index is 0.323. The lowest BCUT2D eigenvalue weighted by Gasteiger charge is -2.00. The van der Waals surface area contributed by atoms with Crippen molar-refractivity contribution in [1.82, 2.24) is 19.9 Å². The number of H-pyrrole nitrogens is 2. The summed E-state index contributed by atoms with van der Waals surface area (Å²) in [6.45, 7) is 7.49. The molecule has 0 fully saturated rings. The molecule has 10 nitrogen and oxygen atoms in total. The van der Waals surface area contributed by atoms with E-state index in [1.54, 1.807) is 25.2 Å². The predicted molar refractivity (Wildman–Crippen MR) is 179 cm³/mol. The molecule has 4 aromatic heterocycles. The number of fused-ring (bicyclic) bond motifs is 2. The quantitative estimate of drug-likeness (QED) is 0.106. The summed E-state index contributed by atoms with van der Waals surface area (Å²) in [4.78, 5) is 38.8. The summed E-state index contributed by atoms with van der Waals surface area (Å²) in [5.74, 6) is -0.692. The van der Waals surface area contributed by atoms with Gasteiger partial charge in [0.05, 0.1) is 27.1 Å². The van der Waals surface area contributed by atoms with Gasteiger partial charge in [-0.25, -0.2) is 19.6 Å². The summed E-state index contributed by atoms with van der Waals surface area (Å²) in [5.41, 5.74) is 5.41. The van der Waals surface area contributed by atoms with Crippen LogP contribution in [0, 0.1) is 6.92 Å². The van der Waals surface area contributed by atoms with Gasteiger partial charge in [-0.2, -0.15) is 0 Å². The van der Waals surface area contributed by atoms with Crippen LogP contribution in [-0.2, 0) is 9.47 Å². The number of carbonyl (C=O) groups excluding carboxylic acids is 2. The number of halogens is 1. The Bertz CT molecular complexity index is 1720. The Kier molecular flexibility index (Phi) is 11.5. The number of benzene rings is 2. The summed E-state index contributed by atoms with van der Waals surface area (Å²) in [5, 5.41) is 17.1. The normalized spacial score (nSPS) is 10.5. The van der Waals surface area contributed by atoms with Crippen LogP contribution in [0.25, 0.3) is 41.8 Å². The maximum Gasteiger partial charge on any atom is 0.448 e. The van der Waals surface area contributed by atoms with Crippen LogP contribution in [0.4, 0.5) is 0 Å². The first-order chi connectivity index (χ1) is 21.1. The fourth-order valence-corrected chi connectivity index (χ4v) is 6.68. The molecule has 0 unspecified atom stereocenters. The van der Waals surface area contributed by atoms with Gasteiger partial charge < -0.3 is 29.5 Å². The zero-order valence-corrected chi connectivity index (χ0v) is 27.6. The van der Waals surface area contributed by atoms with Crippen LogP contribution in [0.2, 0.25) is 6.82 Å². The number of aromatic nitrogens is 4. The second-order valence-electron chi connectivity index (χ2n) is 9.14. The van der Waals surface area contributed by atoms with E-state index in [1.807, 2.05) is 67.6 Å². The number of hydrogen-bond donors (Lipinski definition) is 4. The van der Waals surface area contributed by atoms with E-state index >= 15 is 0 Å². The van der Waals surface area contributed by atoms with Crippen LogP contribution in [0.5, 0.6) is 0 Å². The summed E-state index contributed by atoms with van der Waals surface area (Å²) in [6, 6.07) is 20.0. The van der Waals surface area contributed by atoms with Crippen LogP contribution in [0.15, 0.2) is 65.1 Å². The number of thiazole rings is 2. The molecule has 0 saturated heterocycles. The Morgan fingerprint density at radius 1 is 0.795 bits per heavy atom. The third-order valence-electron chi connectivity index (χ3n) is 5.88. The maximum atomic E-state index is 11.8. The van der Waals surface area contributed by atoms with Crippen molar-refractivity contribution >= 4 is 78.4 Å². The first-order valence-corrected chi connectivity index (χ1v) is 16.0. The smallest absolute Gasteiger partial charge is 0.448 e. The molecule has 14 heteroatoms. The monoisotopic (exact) mass is 696 g/mol. The highest BCUT2D eigenvalue weighted by Crippen LogP contribution is 2.37. The third kappa shape index (κ3) is 7.82. The van der Waals surface area contributed by atoms with Crippen molar-refractivity contribution in [3.05, 3.63) is 82.1 Å². The number of aryl methyl sites for hydroxylation is 1. The summed E-state index contributed by atoms with van der Waals surface area (Å²) in [7, 11) is -1.17. The summed E-state index contributed by atoms with van der Waals surface area (Å²) >= 11 is 6.57. The van der Waals surface area contributed by atoms with Crippen LogP contribution in [0.1, 0.15) is 40.4 Å². The van der Waals surface area contributed by atoms with Crippen LogP contribution in [0.3, 0.4) is 0 Å². The van der Waals surface area contributed by atoms with E-state index < -0.39 is 7.12 Å². The number of aromatic amines is 2. The van der Waals surface area contributed by atoms with E-state index in [-0.39, 0.29) is 11.9 Å². The van der Waals surface area contributed by atoms with Crippen molar-refractivity contribution in [2.45, 2.75) is 27.6 Å². The maximum absolute atomic E-state index is 11.8. The second-order valence-corrected chi connectivity index (χ2v) is 11.9. The van der Waals surface area contributed by atoms with Gasteiger partial charge >= 0.3 is 19.1 Å². The zero-order valence-electron chi connectivity index (χ0n) is 24.4. The third-order valence-corrected chi connectivity index (χ3v) is 9.28. The molecule has 0 radical (unpaired) electrons. The number of rotatable bonds is 6. The first kappa shape index (κ1) is 33.1. The van der Waals surface area contributed by atoms with Gasteiger partial charge in [0.25, 0.3) is 0 Å². The molecule has 228 valence electrons. The molecule has 2 aromatic carbocycles. The van der Waals surface area contributed by atoms with Crippen molar-refractivity contribution in [2.75, 3.05) is 13.2 Å². The average Bonchev–Trinajstić information content (AvgIpc) is 3.76. The Hall–Kier alpha value is -3.82. The van der Waals surface area contributed by atoms with Crippen molar-refractivity contribution in [2.24, 2.45) is 0 Å². The molecule has 0 aliphatic rings. The highest BCUT2D eigenvalue weighted by atomic mass is 79.9. The molecule has 4 heterocycles. The molecule has 0 saturated carbocycles. The lowest BCUT2D eigenvalue weighted by molar-refractivity contribution is 0.0510. The molecule has 0 spiro atoms. The Balaban J connectivity index is 0.000000179. The Morgan fingerprint density at radius 2 is 1.20 bits per heavy atom. The van der Waals surface area contributed by atoms with Crippen LogP contribution in [-0.4, -0.2) is 62.3 Å². The van der Waals surface area contributed by atoms with E-state index in [4.69, 9.17) is 19.5 Å². The number of nitrogens with zero attached hydrogens (tertiary/aromatic N) is 2. The largest absolute Gasteiger partial charge is 0.461 e. The molecule has 4 N–H and O–H groups in total. The van der Waals surface area contributed by atoms with Gasteiger partial charge in [0.2, 0.25) is 0 Å². The van der Waals surface area contributed by atoms with Gasteiger partial charge in [-0.05, 0) is 43.5 Å². The molecule has 0 bridgehead atoms. The molecule has 44 heavy (non-hydrogen) atoms. The first-order valence-electron chi connectivity index (χ1n) is 13.6. The van der Waals surface area contributed by atoms with Gasteiger partial charge in [-0.1, -0.05) is 60.7 Å². The highest BCUT2D eigenvalue weighted by Gasteiger charge is 2.21. The average molecular weight is 697 g/mol. The molecule has 0 aliphatic carbocycles. The van der Waals surface area contributed by atoms with Crippen LogP contribution >= 0.6 is 38.6 Å². The van der Waals surface area contributed by atoms with Gasteiger partial charge in [-0.15, -0.1) is 22.7 Å². The zero-order chi connectivity index (χ0) is 31.8. The minimum atomic E-state index is -1.17. The number of hydrogen-bond acceptors (Lipinski definition) is 10. The van der Waals surface area contributed by atoms with Gasteiger partial charge in [-0.3, -0.25) is 0 Å². The van der Waals surface area contributed by atoms with Crippen molar-refractivity contribution < 1.29 is 29.1 Å². The van der Waals surface area contributed by atoms with Gasteiger partial charge in [0.1, 0.15) is 27.1 Å². The van der Waals surface area contributed by atoms with Crippen molar-refractivity contribution in [3.8, 4) is 21.1 Å². The van der Waals surface area contributed by atoms with Crippen molar-refractivity contribution in [1.29, 1.82) is 0 Å². The number of nitrogens with one attached hydrogen (secondary N) is 2. The highest BCUT2D eigenvalue weighted by molar-refractivity contribution is 9.10. The topological polar surface area (TPSA) is 150 Å². The number of esters is 2. The Morgan fingerprint density at radius 3 is 1.64 bits per heavy atom. The molecular formula is C30H30BBrN4O6S2. The van der Waals surface area contributed by atoms with Crippen LogP contribution < -0.4 is 0 Å². The fraction of sp³-hybridized carbons (Fsp3) is 0.200. The lowest BCUT2D eigenvalue weighted by Crippen LogP contribution is -2.06. The second kappa shape index (κ2) is 15.3. The molecule has 0 atom stereocenters. The van der Waals surface area contributed by atoms with E-state index in [0.29, 0.717) is 34.7 Å². The summed E-state index contributed by atoms with van der Waals surface area (Å²) < 4.78 is 12.7. The van der Waals surface area contributed by atoms with Crippen molar-refractivity contribution in [3.63, 3.8) is 0 Å². The van der Waals surface area contributed by atoms with E-state index in [1.165, 1.54) is 18.2 Å². The SMILES string of the molecule is CB(O)O.CCOC(=O)c1[nH]c2nc(-c3ccccc3)sc2c1Br.CCOC(=O)c1[nH]c2nc(-c3ccccc3)sc2c1C. The molecule has 0 amide bonds.